The van der Waals surface area contributed by atoms with Crippen molar-refractivity contribution in [3.8, 4) is 11.5 Å². The van der Waals surface area contributed by atoms with Crippen LogP contribution in [0.4, 0.5) is 4.79 Å². The predicted molar refractivity (Wildman–Crippen MR) is 75.7 cm³/mol. The third-order valence-electron chi connectivity index (χ3n) is 2.90. The van der Waals surface area contributed by atoms with E-state index in [-0.39, 0.29) is 11.5 Å². The molecule has 1 rings (SSSR count). The molecule has 1 aromatic rings. The van der Waals surface area contributed by atoms with Crippen LogP contribution in [0.1, 0.15) is 38.4 Å². The third-order valence-corrected chi connectivity index (χ3v) is 2.90. The monoisotopic (exact) mass is 282 g/mol. The number of nitrogens with one attached hydrogen (secondary N) is 1. The average Bonchev–Trinajstić information content (AvgIpc) is 2.34. The van der Waals surface area contributed by atoms with Crippen LogP contribution in [0.3, 0.4) is 0 Å². The molecule has 1 aromatic carbocycles. The smallest absolute Gasteiger partial charge is 0.409 e. The Kier molecular flexibility index (Phi) is 6.27. The van der Waals surface area contributed by atoms with Crippen molar-refractivity contribution in [3.05, 3.63) is 23.8 Å². The normalized spacial score (nSPS) is 13.8. The summed E-state index contributed by atoms with van der Waals surface area (Å²) in [5, 5.41) is 22.8. The molecule has 2 atom stereocenters. The highest BCUT2D eigenvalue weighted by molar-refractivity contribution is 5.68. The largest absolute Gasteiger partial charge is 0.508 e. The molecule has 20 heavy (non-hydrogen) atoms. The summed E-state index contributed by atoms with van der Waals surface area (Å²) < 4.78 is 4.70. The van der Waals surface area contributed by atoms with Gasteiger partial charge in [-0.05, 0) is 31.0 Å². The number of aromatic hydroxyl groups is 1. The molecule has 2 unspecified atom stereocenters. The van der Waals surface area contributed by atoms with Crippen molar-refractivity contribution in [2.75, 3.05) is 6.54 Å². The van der Waals surface area contributed by atoms with E-state index < -0.39 is 12.2 Å². The predicted octanol–water partition coefficient (Wildman–Crippen LogP) is 1.66. The lowest BCUT2D eigenvalue weighted by molar-refractivity contribution is 0.169. The van der Waals surface area contributed by atoms with Crippen molar-refractivity contribution in [2.45, 2.75) is 38.8 Å². The number of carbonyl (C=O) groups is 1. The molecule has 112 valence electrons. The molecular weight excluding hydrogens is 260 g/mol. The maximum absolute atomic E-state index is 10.7. The number of aliphatic hydroxyl groups is 1. The molecule has 6 heteroatoms. The van der Waals surface area contributed by atoms with Crippen LogP contribution in [0.5, 0.6) is 11.5 Å². The van der Waals surface area contributed by atoms with E-state index in [1.54, 1.807) is 0 Å². The summed E-state index contributed by atoms with van der Waals surface area (Å²) in [6.07, 6.45) is 0.304. The summed E-state index contributed by atoms with van der Waals surface area (Å²) >= 11 is 0. The fraction of sp³-hybridized carbons (Fsp3) is 0.500. The first-order chi connectivity index (χ1) is 9.42. The maximum Gasteiger partial charge on any atom is 0.409 e. The number of benzene rings is 1. The molecule has 0 saturated carbocycles. The standard InChI is InChI=1S/C14H22N2O4/c1-3-4-9(2)16-8-13(18)10-5-11(17)7-12(6-10)20-14(15)19/h5-7,9,13,16-18H,3-4,8H2,1-2H3,(H2,15,19). The quantitative estimate of drug-likeness (QED) is 0.609. The van der Waals surface area contributed by atoms with Gasteiger partial charge in [0, 0.05) is 18.7 Å². The van der Waals surface area contributed by atoms with Crippen LogP contribution in [0.2, 0.25) is 0 Å². The maximum atomic E-state index is 10.7. The Balaban J connectivity index is 2.69. The van der Waals surface area contributed by atoms with E-state index in [0.29, 0.717) is 18.2 Å². The Labute approximate surface area is 118 Å². The van der Waals surface area contributed by atoms with Crippen molar-refractivity contribution >= 4 is 6.09 Å². The number of primary amides is 1. The summed E-state index contributed by atoms with van der Waals surface area (Å²) in [6, 6.07) is 4.45. The summed E-state index contributed by atoms with van der Waals surface area (Å²) in [6.45, 7) is 4.48. The molecule has 0 aliphatic rings. The molecule has 0 saturated heterocycles. The SMILES string of the molecule is CCCC(C)NCC(O)c1cc(O)cc(OC(N)=O)c1. The number of amides is 1. The number of hydrogen-bond donors (Lipinski definition) is 4. The van der Waals surface area contributed by atoms with E-state index in [9.17, 15) is 15.0 Å². The van der Waals surface area contributed by atoms with E-state index in [2.05, 4.69) is 12.2 Å². The molecule has 0 bridgehead atoms. The number of nitrogens with two attached hydrogens (primary N) is 1. The number of rotatable bonds is 7. The number of hydrogen-bond acceptors (Lipinski definition) is 5. The highest BCUT2D eigenvalue weighted by Gasteiger charge is 2.12. The van der Waals surface area contributed by atoms with E-state index in [1.807, 2.05) is 6.92 Å². The molecule has 1 amide bonds. The Bertz CT molecular complexity index is 451. The van der Waals surface area contributed by atoms with Crippen molar-refractivity contribution < 1.29 is 19.7 Å². The van der Waals surface area contributed by atoms with Gasteiger partial charge in [-0.1, -0.05) is 13.3 Å². The molecule has 0 aromatic heterocycles. The molecule has 0 spiro atoms. The van der Waals surface area contributed by atoms with E-state index in [4.69, 9.17) is 10.5 Å². The van der Waals surface area contributed by atoms with Gasteiger partial charge in [-0.15, -0.1) is 0 Å². The van der Waals surface area contributed by atoms with Crippen LogP contribution in [-0.2, 0) is 0 Å². The molecule has 0 fully saturated rings. The van der Waals surface area contributed by atoms with Gasteiger partial charge in [-0.25, -0.2) is 4.79 Å². The second-order valence-electron chi connectivity index (χ2n) is 4.80. The lowest BCUT2D eigenvalue weighted by atomic mass is 10.1. The van der Waals surface area contributed by atoms with Gasteiger partial charge in [0.25, 0.3) is 0 Å². The Morgan fingerprint density at radius 1 is 1.45 bits per heavy atom. The fourth-order valence-corrected chi connectivity index (χ4v) is 1.94. The topological polar surface area (TPSA) is 105 Å². The number of carbonyl (C=O) groups excluding carboxylic acids is 1. The number of phenols is 1. The summed E-state index contributed by atoms with van der Waals surface area (Å²) in [7, 11) is 0. The molecular formula is C14H22N2O4. The third kappa shape index (κ3) is 5.46. The summed E-state index contributed by atoms with van der Waals surface area (Å²) in [5.41, 5.74) is 5.37. The van der Waals surface area contributed by atoms with Crippen LogP contribution >= 0.6 is 0 Å². The van der Waals surface area contributed by atoms with Crippen molar-refractivity contribution in [3.63, 3.8) is 0 Å². The van der Waals surface area contributed by atoms with Gasteiger partial charge in [-0.3, -0.25) is 0 Å². The Morgan fingerprint density at radius 3 is 2.75 bits per heavy atom. The Hall–Kier alpha value is -1.79. The van der Waals surface area contributed by atoms with Gasteiger partial charge in [0.15, 0.2) is 0 Å². The van der Waals surface area contributed by atoms with Gasteiger partial charge in [0.05, 0.1) is 6.10 Å². The fourth-order valence-electron chi connectivity index (χ4n) is 1.94. The highest BCUT2D eigenvalue weighted by atomic mass is 16.5. The van der Waals surface area contributed by atoms with Crippen LogP contribution in [-0.4, -0.2) is 28.9 Å². The van der Waals surface area contributed by atoms with Crippen LogP contribution < -0.4 is 15.8 Å². The van der Waals surface area contributed by atoms with E-state index in [0.717, 1.165) is 12.8 Å². The van der Waals surface area contributed by atoms with Crippen LogP contribution in [0.15, 0.2) is 18.2 Å². The number of phenolic OH excluding ortho intramolecular Hbond substituents is 1. The first-order valence-electron chi connectivity index (χ1n) is 6.65. The lowest BCUT2D eigenvalue weighted by Gasteiger charge is -2.17. The molecule has 0 aliphatic heterocycles. The summed E-state index contributed by atoms with van der Waals surface area (Å²) in [4.78, 5) is 10.7. The van der Waals surface area contributed by atoms with Gasteiger partial charge >= 0.3 is 6.09 Å². The van der Waals surface area contributed by atoms with Gasteiger partial charge in [0.1, 0.15) is 11.5 Å². The van der Waals surface area contributed by atoms with Crippen molar-refractivity contribution in [1.82, 2.24) is 5.32 Å². The molecule has 5 N–H and O–H groups in total. The van der Waals surface area contributed by atoms with Crippen LogP contribution in [0.25, 0.3) is 0 Å². The van der Waals surface area contributed by atoms with E-state index in [1.165, 1.54) is 18.2 Å². The zero-order valence-corrected chi connectivity index (χ0v) is 11.8. The van der Waals surface area contributed by atoms with Gasteiger partial charge < -0.3 is 26.0 Å². The minimum Gasteiger partial charge on any atom is -0.508 e. The Morgan fingerprint density at radius 2 is 2.15 bits per heavy atom. The first kappa shape index (κ1) is 16.3. The number of aliphatic hydroxyl groups excluding tert-OH is 1. The lowest BCUT2D eigenvalue weighted by Crippen LogP contribution is -2.30. The van der Waals surface area contributed by atoms with Gasteiger partial charge in [0.2, 0.25) is 0 Å². The average molecular weight is 282 g/mol. The van der Waals surface area contributed by atoms with Crippen molar-refractivity contribution in [1.29, 1.82) is 0 Å². The second-order valence-corrected chi connectivity index (χ2v) is 4.80. The molecule has 0 radical (unpaired) electrons. The molecule has 6 nitrogen and oxygen atoms in total. The number of ether oxygens (including phenoxy) is 1. The molecule has 0 heterocycles. The first-order valence-corrected chi connectivity index (χ1v) is 6.65. The van der Waals surface area contributed by atoms with Crippen LogP contribution in [0, 0.1) is 0 Å². The summed E-state index contributed by atoms with van der Waals surface area (Å²) in [5.74, 6) is 0.00700. The molecule has 0 aliphatic carbocycles. The minimum atomic E-state index is -0.967. The second kappa shape index (κ2) is 7.72. The minimum absolute atomic E-state index is 0.0978. The van der Waals surface area contributed by atoms with E-state index >= 15 is 0 Å². The zero-order chi connectivity index (χ0) is 15.1. The zero-order valence-electron chi connectivity index (χ0n) is 11.8. The van der Waals surface area contributed by atoms with Gasteiger partial charge in [-0.2, -0.15) is 0 Å². The highest BCUT2D eigenvalue weighted by Crippen LogP contribution is 2.25. The van der Waals surface area contributed by atoms with Crippen molar-refractivity contribution in [2.24, 2.45) is 5.73 Å².